The molecule has 1 aliphatic rings. The van der Waals surface area contributed by atoms with Gasteiger partial charge in [0.1, 0.15) is 22.3 Å². The molecule has 1 saturated carbocycles. The van der Waals surface area contributed by atoms with Crippen LogP contribution in [-0.4, -0.2) is 21.9 Å². The number of thiazole rings is 1. The highest BCUT2D eigenvalue weighted by Gasteiger charge is 2.27. The quantitative estimate of drug-likeness (QED) is 0.615. The maximum Gasteiger partial charge on any atom is 0.275 e. The summed E-state index contributed by atoms with van der Waals surface area (Å²) in [5, 5.41) is 4.47. The Morgan fingerprint density at radius 3 is 2.70 bits per heavy atom. The SMILES string of the molecule is C[C@H]1CC(c2ccncc2NC(=O)c2csc(-c3c(F)cccc3F)n2)C[C@@H](N)C1. The number of nitrogens with one attached hydrogen (secondary N) is 1. The van der Waals surface area contributed by atoms with Gasteiger partial charge in [-0.05, 0) is 54.9 Å². The molecule has 0 spiro atoms. The lowest BCUT2D eigenvalue weighted by molar-refractivity contribution is 0.102. The first-order valence-corrected chi connectivity index (χ1v) is 10.7. The zero-order valence-electron chi connectivity index (χ0n) is 16.4. The number of amides is 1. The minimum atomic E-state index is -0.714. The van der Waals surface area contributed by atoms with Gasteiger partial charge in [-0.1, -0.05) is 13.0 Å². The van der Waals surface area contributed by atoms with Crippen molar-refractivity contribution in [2.45, 2.75) is 38.1 Å². The molecule has 0 aliphatic heterocycles. The van der Waals surface area contributed by atoms with Gasteiger partial charge in [-0.2, -0.15) is 0 Å². The van der Waals surface area contributed by atoms with Gasteiger partial charge in [0, 0.05) is 17.6 Å². The molecule has 0 saturated heterocycles. The van der Waals surface area contributed by atoms with Crippen LogP contribution in [0.5, 0.6) is 0 Å². The number of carbonyl (C=O) groups excluding carboxylic acids is 1. The monoisotopic (exact) mass is 428 g/mol. The van der Waals surface area contributed by atoms with Crippen LogP contribution in [0.25, 0.3) is 10.6 Å². The summed E-state index contributed by atoms with van der Waals surface area (Å²) in [5.74, 6) is -1.13. The Labute approximate surface area is 177 Å². The van der Waals surface area contributed by atoms with Crippen LogP contribution in [-0.2, 0) is 0 Å². The van der Waals surface area contributed by atoms with E-state index in [1.807, 2.05) is 6.07 Å². The van der Waals surface area contributed by atoms with E-state index in [2.05, 4.69) is 22.2 Å². The third-order valence-electron chi connectivity index (χ3n) is 5.44. The molecule has 0 radical (unpaired) electrons. The summed E-state index contributed by atoms with van der Waals surface area (Å²) < 4.78 is 28.0. The number of benzene rings is 1. The van der Waals surface area contributed by atoms with Crippen LogP contribution in [0.1, 0.15) is 48.2 Å². The Balaban J connectivity index is 1.57. The molecule has 1 aliphatic carbocycles. The summed E-state index contributed by atoms with van der Waals surface area (Å²) in [7, 11) is 0. The Bertz CT molecular complexity index is 1040. The molecular weight excluding hydrogens is 406 g/mol. The molecule has 1 fully saturated rings. The first-order valence-electron chi connectivity index (χ1n) is 9.83. The number of hydrogen-bond donors (Lipinski definition) is 2. The van der Waals surface area contributed by atoms with Crippen molar-refractivity contribution < 1.29 is 13.6 Å². The van der Waals surface area contributed by atoms with Crippen molar-refractivity contribution in [1.82, 2.24) is 9.97 Å². The number of carbonyl (C=O) groups is 1. The van der Waals surface area contributed by atoms with Gasteiger partial charge in [-0.15, -0.1) is 11.3 Å². The number of pyridine rings is 1. The van der Waals surface area contributed by atoms with E-state index in [9.17, 15) is 13.6 Å². The lowest BCUT2D eigenvalue weighted by Gasteiger charge is -2.32. The van der Waals surface area contributed by atoms with Crippen molar-refractivity contribution in [2.75, 3.05) is 5.32 Å². The number of rotatable bonds is 4. The summed E-state index contributed by atoms with van der Waals surface area (Å²) >= 11 is 1.02. The van der Waals surface area contributed by atoms with Gasteiger partial charge in [-0.25, -0.2) is 13.8 Å². The molecule has 1 aromatic carbocycles. The first kappa shape index (κ1) is 20.6. The number of halogens is 2. The van der Waals surface area contributed by atoms with E-state index in [0.29, 0.717) is 11.6 Å². The zero-order valence-corrected chi connectivity index (χ0v) is 17.3. The molecule has 1 amide bonds. The van der Waals surface area contributed by atoms with E-state index in [4.69, 9.17) is 5.73 Å². The molecule has 156 valence electrons. The number of aromatic nitrogens is 2. The molecule has 8 heteroatoms. The molecule has 30 heavy (non-hydrogen) atoms. The average Bonchev–Trinajstić information content (AvgIpc) is 3.17. The molecule has 3 atom stereocenters. The summed E-state index contributed by atoms with van der Waals surface area (Å²) in [6.45, 7) is 2.18. The van der Waals surface area contributed by atoms with Crippen LogP contribution in [0.3, 0.4) is 0 Å². The normalized spacial score (nSPS) is 21.4. The molecule has 2 heterocycles. The van der Waals surface area contributed by atoms with Crippen LogP contribution in [0.4, 0.5) is 14.5 Å². The minimum absolute atomic E-state index is 0.0983. The second-order valence-electron chi connectivity index (χ2n) is 7.82. The Hall–Kier alpha value is -2.71. The van der Waals surface area contributed by atoms with E-state index in [1.54, 1.807) is 12.4 Å². The second kappa shape index (κ2) is 8.57. The number of nitrogens with two attached hydrogens (primary N) is 1. The Kier molecular flexibility index (Phi) is 5.87. The van der Waals surface area contributed by atoms with Gasteiger partial charge in [-0.3, -0.25) is 9.78 Å². The van der Waals surface area contributed by atoms with Crippen molar-refractivity contribution in [2.24, 2.45) is 11.7 Å². The van der Waals surface area contributed by atoms with Crippen molar-refractivity contribution in [1.29, 1.82) is 0 Å². The molecule has 4 rings (SSSR count). The average molecular weight is 429 g/mol. The van der Waals surface area contributed by atoms with Crippen LogP contribution in [0.2, 0.25) is 0 Å². The fourth-order valence-corrected chi connectivity index (χ4v) is 5.00. The lowest BCUT2D eigenvalue weighted by Crippen LogP contribution is -2.31. The van der Waals surface area contributed by atoms with E-state index in [0.717, 1.165) is 48.3 Å². The van der Waals surface area contributed by atoms with Crippen molar-refractivity contribution in [3.05, 3.63) is 64.9 Å². The summed E-state index contributed by atoms with van der Waals surface area (Å²) in [6.07, 6.45) is 6.16. The second-order valence-corrected chi connectivity index (χ2v) is 8.68. The van der Waals surface area contributed by atoms with Crippen LogP contribution < -0.4 is 11.1 Å². The third-order valence-corrected chi connectivity index (χ3v) is 6.30. The highest BCUT2D eigenvalue weighted by molar-refractivity contribution is 7.13. The molecule has 2 aromatic heterocycles. The molecule has 0 bridgehead atoms. The number of nitrogens with zero attached hydrogens (tertiary/aromatic N) is 2. The van der Waals surface area contributed by atoms with Gasteiger partial charge >= 0.3 is 0 Å². The van der Waals surface area contributed by atoms with Gasteiger partial charge in [0.2, 0.25) is 0 Å². The van der Waals surface area contributed by atoms with Crippen molar-refractivity contribution in [3.63, 3.8) is 0 Å². The number of hydrogen-bond acceptors (Lipinski definition) is 5. The van der Waals surface area contributed by atoms with Crippen LogP contribution in [0, 0.1) is 17.6 Å². The van der Waals surface area contributed by atoms with E-state index in [1.165, 1.54) is 11.4 Å². The molecule has 5 nitrogen and oxygen atoms in total. The van der Waals surface area contributed by atoms with E-state index < -0.39 is 17.5 Å². The summed E-state index contributed by atoms with van der Waals surface area (Å²) in [4.78, 5) is 21.1. The van der Waals surface area contributed by atoms with Crippen LogP contribution >= 0.6 is 11.3 Å². The standard InChI is InChI=1S/C22H22F2N4OS/c1-12-7-13(9-14(25)8-12)15-5-6-26-10-18(15)27-21(29)19-11-30-22(28-19)20-16(23)3-2-4-17(20)24/h2-6,10-14H,7-9,25H2,1H3,(H,27,29)/t12-,13?,14-/m0/s1. The topological polar surface area (TPSA) is 80.9 Å². The highest BCUT2D eigenvalue weighted by atomic mass is 32.1. The van der Waals surface area contributed by atoms with Crippen LogP contribution in [0.15, 0.2) is 42.0 Å². The fraction of sp³-hybridized carbons (Fsp3) is 0.318. The molecule has 3 N–H and O–H groups in total. The number of anilines is 1. The van der Waals surface area contributed by atoms with E-state index in [-0.39, 0.29) is 28.2 Å². The van der Waals surface area contributed by atoms with Crippen molar-refractivity contribution >= 4 is 22.9 Å². The van der Waals surface area contributed by atoms with Gasteiger partial charge in [0.15, 0.2) is 0 Å². The highest BCUT2D eigenvalue weighted by Crippen LogP contribution is 2.38. The molecule has 3 aromatic rings. The maximum absolute atomic E-state index is 14.0. The zero-order chi connectivity index (χ0) is 21.3. The summed E-state index contributed by atoms with van der Waals surface area (Å²) in [6, 6.07) is 5.66. The van der Waals surface area contributed by atoms with Gasteiger partial charge in [0.05, 0.1) is 17.4 Å². The van der Waals surface area contributed by atoms with Crippen molar-refractivity contribution in [3.8, 4) is 10.6 Å². The molecular formula is C22H22F2N4OS. The predicted octanol–water partition coefficient (Wildman–Crippen LogP) is 4.97. The Morgan fingerprint density at radius 2 is 1.97 bits per heavy atom. The lowest BCUT2D eigenvalue weighted by atomic mass is 9.76. The van der Waals surface area contributed by atoms with Gasteiger partial charge in [0.25, 0.3) is 5.91 Å². The third kappa shape index (κ3) is 4.24. The first-order chi connectivity index (χ1) is 14.4. The maximum atomic E-state index is 14.0. The Morgan fingerprint density at radius 1 is 1.20 bits per heavy atom. The smallest absolute Gasteiger partial charge is 0.275 e. The molecule has 1 unspecified atom stereocenters. The van der Waals surface area contributed by atoms with E-state index >= 15 is 0 Å². The minimum Gasteiger partial charge on any atom is -0.328 e. The summed E-state index contributed by atoms with van der Waals surface area (Å²) in [5.41, 5.74) is 7.68. The largest absolute Gasteiger partial charge is 0.328 e. The van der Waals surface area contributed by atoms with Gasteiger partial charge < -0.3 is 11.1 Å². The fourth-order valence-electron chi connectivity index (χ4n) is 4.16. The predicted molar refractivity (Wildman–Crippen MR) is 113 cm³/mol.